The van der Waals surface area contributed by atoms with E-state index in [2.05, 4.69) is 11.9 Å². The molecule has 0 radical (unpaired) electrons. The summed E-state index contributed by atoms with van der Waals surface area (Å²) < 4.78 is 0. The zero-order valence-corrected chi connectivity index (χ0v) is 8.24. The first-order valence-electron chi connectivity index (χ1n) is 4.75. The van der Waals surface area contributed by atoms with E-state index in [0.29, 0.717) is 12.8 Å². The highest BCUT2D eigenvalue weighted by atomic mass is 16.4. The maximum Gasteiger partial charge on any atom is 0.326 e. The Labute approximate surface area is 84.0 Å². The molecule has 0 aromatic carbocycles. The van der Waals surface area contributed by atoms with Gasteiger partial charge in [-0.3, -0.25) is 4.79 Å². The number of aliphatic carboxylic acids is 1. The van der Waals surface area contributed by atoms with Crippen LogP contribution in [-0.2, 0) is 9.59 Å². The summed E-state index contributed by atoms with van der Waals surface area (Å²) >= 11 is 0. The molecule has 4 heteroatoms. The fraction of sp³-hybridized carbons (Fsp3) is 0.600. The Bertz CT molecular complexity index is 192. The number of carboxylic acids is 1. The Kier molecular flexibility index (Phi) is 7.50. The second kappa shape index (κ2) is 8.29. The van der Waals surface area contributed by atoms with Crippen LogP contribution in [0.15, 0.2) is 12.7 Å². The highest BCUT2D eigenvalue weighted by molar-refractivity contribution is 5.76. The first kappa shape index (κ1) is 12.7. The zero-order chi connectivity index (χ0) is 10.8. The van der Waals surface area contributed by atoms with E-state index in [1.165, 1.54) is 0 Å². The molecule has 0 saturated heterocycles. The third-order valence-electron chi connectivity index (χ3n) is 1.97. The van der Waals surface area contributed by atoms with Crippen molar-refractivity contribution in [2.45, 2.75) is 38.1 Å². The van der Waals surface area contributed by atoms with Crippen LogP contribution in [0.2, 0.25) is 0 Å². The molecule has 0 aromatic heterocycles. The lowest BCUT2D eigenvalue weighted by atomic mass is 10.1. The minimum absolute atomic E-state index is 0.433. The van der Waals surface area contributed by atoms with E-state index in [1.54, 1.807) is 0 Å². The van der Waals surface area contributed by atoms with Gasteiger partial charge >= 0.3 is 5.97 Å². The zero-order valence-electron chi connectivity index (χ0n) is 8.24. The van der Waals surface area contributed by atoms with E-state index in [-0.39, 0.29) is 0 Å². The molecule has 0 aliphatic heterocycles. The van der Waals surface area contributed by atoms with Crippen LogP contribution < -0.4 is 5.32 Å². The minimum atomic E-state index is -0.971. The van der Waals surface area contributed by atoms with Crippen molar-refractivity contribution in [1.82, 2.24) is 5.32 Å². The highest BCUT2D eigenvalue weighted by Gasteiger charge is 2.14. The molecule has 1 atom stereocenters. The molecule has 4 nitrogen and oxygen atoms in total. The second-order valence-electron chi connectivity index (χ2n) is 3.10. The molecule has 0 spiro atoms. The van der Waals surface area contributed by atoms with Gasteiger partial charge in [0.05, 0.1) is 0 Å². The lowest BCUT2D eigenvalue weighted by Gasteiger charge is -2.09. The number of carbonyl (C=O) groups is 2. The number of amides is 1. The Morgan fingerprint density at radius 2 is 2.14 bits per heavy atom. The molecule has 80 valence electrons. The van der Waals surface area contributed by atoms with E-state index < -0.39 is 12.0 Å². The average molecular weight is 199 g/mol. The number of carbonyl (C=O) groups excluding carboxylic acids is 1. The van der Waals surface area contributed by atoms with E-state index in [4.69, 9.17) is 5.11 Å². The third-order valence-corrected chi connectivity index (χ3v) is 1.97. The van der Waals surface area contributed by atoms with Gasteiger partial charge in [0.1, 0.15) is 6.04 Å². The molecule has 0 fully saturated rings. The summed E-state index contributed by atoms with van der Waals surface area (Å²) in [5, 5.41) is 10.9. The monoisotopic (exact) mass is 199 g/mol. The van der Waals surface area contributed by atoms with Crippen molar-refractivity contribution in [2.24, 2.45) is 0 Å². The molecule has 0 rings (SSSR count). The third kappa shape index (κ3) is 6.22. The van der Waals surface area contributed by atoms with Gasteiger partial charge in [-0.15, -0.1) is 6.58 Å². The molecular weight excluding hydrogens is 182 g/mol. The standard InChI is InChI=1S/C10H17NO3/c1-2-3-4-5-6-7-9(10(13)14)11-8-12/h2,8-9H,1,3-7H2,(H,11,12)(H,13,14). The van der Waals surface area contributed by atoms with Gasteiger partial charge in [0, 0.05) is 0 Å². The summed E-state index contributed by atoms with van der Waals surface area (Å²) in [6.07, 6.45) is 6.53. The minimum Gasteiger partial charge on any atom is -0.480 e. The first-order chi connectivity index (χ1) is 6.72. The molecule has 0 aromatic rings. The molecule has 0 bridgehead atoms. The van der Waals surface area contributed by atoms with E-state index in [1.807, 2.05) is 6.08 Å². The Morgan fingerprint density at radius 1 is 1.43 bits per heavy atom. The second-order valence-corrected chi connectivity index (χ2v) is 3.10. The summed E-state index contributed by atoms with van der Waals surface area (Å²) in [4.78, 5) is 20.6. The molecule has 1 amide bonds. The molecule has 1 unspecified atom stereocenters. The van der Waals surface area contributed by atoms with Crippen LogP contribution in [0.3, 0.4) is 0 Å². The number of nitrogens with one attached hydrogen (secondary N) is 1. The van der Waals surface area contributed by atoms with Gasteiger partial charge in [0.2, 0.25) is 6.41 Å². The SMILES string of the molecule is C=CCCCCCC(NC=O)C(=O)O. The van der Waals surface area contributed by atoms with E-state index >= 15 is 0 Å². The van der Waals surface area contributed by atoms with Crippen molar-refractivity contribution in [1.29, 1.82) is 0 Å². The van der Waals surface area contributed by atoms with Crippen LogP contribution >= 0.6 is 0 Å². The summed E-state index contributed by atoms with van der Waals surface area (Å²) in [5.74, 6) is -0.971. The van der Waals surface area contributed by atoms with E-state index in [9.17, 15) is 9.59 Å². The predicted molar refractivity (Wildman–Crippen MR) is 53.9 cm³/mol. The summed E-state index contributed by atoms with van der Waals surface area (Å²) in [5.41, 5.74) is 0. The van der Waals surface area contributed by atoms with Crippen molar-refractivity contribution in [3.05, 3.63) is 12.7 Å². The van der Waals surface area contributed by atoms with Crippen LogP contribution in [-0.4, -0.2) is 23.5 Å². The molecule has 0 saturated carbocycles. The Hall–Kier alpha value is -1.32. The topological polar surface area (TPSA) is 66.4 Å². The highest BCUT2D eigenvalue weighted by Crippen LogP contribution is 2.06. The maximum atomic E-state index is 10.6. The van der Waals surface area contributed by atoms with Crippen LogP contribution in [0.4, 0.5) is 0 Å². The number of allylic oxidation sites excluding steroid dienone is 1. The van der Waals surface area contributed by atoms with Crippen molar-refractivity contribution >= 4 is 12.4 Å². The summed E-state index contributed by atoms with van der Waals surface area (Å²) in [7, 11) is 0. The number of unbranched alkanes of at least 4 members (excludes halogenated alkanes) is 3. The van der Waals surface area contributed by atoms with Crippen LogP contribution in [0, 0.1) is 0 Å². The van der Waals surface area contributed by atoms with Gasteiger partial charge in [-0.05, 0) is 19.3 Å². The first-order valence-corrected chi connectivity index (χ1v) is 4.75. The van der Waals surface area contributed by atoms with Gasteiger partial charge in [0.25, 0.3) is 0 Å². The Balaban J connectivity index is 3.55. The molecule has 0 aliphatic carbocycles. The predicted octanol–water partition coefficient (Wildman–Crippen LogP) is 1.32. The van der Waals surface area contributed by atoms with Crippen molar-refractivity contribution < 1.29 is 14.7 Å². The number of carboxylic acid groups (broad SMARTS) is 1. The smallest absolute Gasteiger partial charge is 0.326 e. The lowest BCUT2D eigenvalue weighted by molar-refractivity contribution is -0.140. The van der Waals surface area contributed by atoms with Crippen LogP contribution in [0.5, 0.6) is 0 Å². The van der Waals surface area contributed by atoms with Gasteiger partial charge in [-0.1, -0.05) is 18.9 Å². The van der Waals surface area contributed by atoms with Gasteiger partial charge in [-0.2, -0.15) is 0 Å². The largest absolute Gasteiger partial charge is 0.480 e. The van der Waals surface area contributed by atoms with Gasteiger partial charge < -0.3 is 10.4 Å². The normalized spacial score (nSPS) is 11.7. The number of rotatable bonds is 9. The van der Waals surface area contributed by atoms with Crippen LogP contribution in [0.25, 0.3) is 0 Å². The van der Waals surface area contributed by atoms with Crippen molar-refractivity contribution in [2.75, 3.05) is 0 Å². The number of hydrogen-bond donors (Lipinski definition) is 2. The number of hydrogen-bond acceptors (Lipinski definition) is 2. The molecule has 14 heavy (non-hydrogen) atoms. The molecular formula is C10H17NO3. The molecule has 0 heterocycles. The van der Waals surface area contributed by atoms with Gasteiger partial charge in [-0.25, -0.2) is 4.79 Å². The fourth-order valence-electron chi connectivity index (χ4n) is 1.17. The maximum absolute atomic E-state index is 10.6. The summed E-state index contributed by atoms with van der Waals surface area (Å²) in [6, 6.07) is -0.740. The van der Waals surface area contributed by atoms with Crippen LogP contribution in [0.1, 0.15) is 32.1 Å². The fourth-order valence-corrected chi connectivity index (χ4v) is 1.17. The van der Waals surface area contributed by atoms with Gasteiger partial charge in [0.15, 0.2) is 0 Å². The van der Waals surface area contributed by atoms with Crippen molar-refractivity contribution in [3.8, 4) is 0 Å². The molecule has 2 N–H and O–H groups in total. The van der Waals surface area contributed by atoms with E-state index in [0.717, 1.165) is 25.7 Å². The lowest BCUT2D eigenvalue weighted by Crippen LogP contribution is -2.35. The quantitative estimate of drug-likeness (QED) is 0.334. The summed E-state index contributed by atoms with van der Waals surface area (Å²) in [6.45, 7) is 3.60. The van der Waals surface area contributed by atoms with Crippen molar-refractivity contribution in [3.63, 3.8) is 0 Å². The average Bonchev–Trinajstić information content (AvgIpc) is 2.15. The molecule has 0 aliphatic rings. The Morgan fingerprint density at radius 3 is 2.64 bits per heavy atom.